The number of benzene rings is 2. The summed E-state index contributed by atoms with van der Waals surface area (Å²) in [6.45, 7) is 0. The SMILES string of the molecule is O=C(N/N=C/c1ccc([N+](=O)[O-])cc1)c1ccc(-n2cccc2)cc1. The number of nitrogens with one attached hydrogen (secondary N) is 1. The fourth-order valence-electron chi connectivity index (χ4n) is 2.20. The van der Waals surface area contributed by atoms with Gasteiger partial charge < -0.3 is 4.57 Å². The lowest BCUT2D eigenvalue weighted by atomic mass is 10.2. The summed E-state index contributed by atoms with van der Waals surface area (Å²) >= 11 is 0. The second-order valence-corrected chi connectivity index (χ2v) is 5.18. The molecule has 0 bridgehead atoms. The minimum atomic E-state index is -0.472. The van der Waals surface area contributed by atoms with Gasteiger partial charge in [0.15, 0.2) is 0 Å². The number of rotatable bonds is 5. The van der Waals surface area contributed by atoms with Crippen molar-refractivity contribution < 1.29 is 9.72 Å². The molecule has 3 aromatic rings. The number of carbonyl (C=O) groups excluding carboxylic acids is 1. The lowest BCUT2D eigenvalue weighted by Gasteiger charge is -2.04. The van der Waals surface area contributed by atoms with Crippen LogP contribution in [0.2, 0.25) is 0 Å². The van der Waals surface area contributed by atoms with Crippen LogP contribution in [0.3, 0.4) is 0 Å². The number of nitro benzene ring substituents is 1. The Balaban J connectivity index is 1.61. The highest BCUT2D eigenvalue weighted by atomic mass is 16.6. The summed E-state index contributed by atoms with van der Waals surface area (Å²) in [5.41, 5.74) is 4.52. The van der Waals surface area contributed by atoms with Crippen molar-refractivity contribution in [3.05, 3.63) is 94.3 Å². The van der Waals surface area contributed by atoms with Gasteiger partial charge in [-0.2, -0.15) is 5.10 Å². The van der Waals surface area contributed by atoms with Gasteiger partial charge in [0.1, 0.15) is 0 Å². The van der Waals surface area contributed by atoms with Crippen LogP contribution in [-0.2, 0) is 0 Å². The molecule has 7 nitrogen and oxygen atoms in total. The molecular formula is C18H14N4O3. The molecule has 2 aromatic carbocycles. The Morgan fingerprint density at radius 1 is 1.04 bits per heavy atom. The third-order valence-electron chi connectivity index (χ3n) is 3.52. The van der Waals surface area contributed by atoms with Crippen molar-refractivity contribution in [3.63, 3.8) is 0 Å². The van der Waals surface area contributed by atoms with E-state index in [2.05, 4.69) is 10.5 Å². The number of non-ortho nitro benzene ring substituents is 1. The number of amides is 1. The van der Waals surface area contributed by atoms with Gasteiger partial charge in [-0.25, -0.2) is 5.43 Å². The minimum Gasteiger partial charge on any atom is -0.324 e. The molecular weight excluding hydrogens is 320 g/mol. The summed E-state index contributed by atoms with van der Waals surface area (Å²) in [4.78, 5) is 22.2. The van der Waals surface area contributed by atoms with Gasteiger partial charge in [0.25, 0.3) is 11.6 Å². The first kappa shape index (κ1) is 16.1. The van der Waals surface area contributed by atoms with Crippen LogP contribution in [-0.4, -0.2) is 21.6 Å². The van der Waals surface area contributed by atoms with Crippen molar-refractivity contribution in [2.45, 2.75) is 0 Å². The molecule has 3 rings (SSSR count). The molecule has 1 N–H and O–H groups in total. The molecule has 1 amide bonds. The van der Waals surface area contributed by atoms with E-state index in [1.54, 1.807) is 24.3 Å². The first-order valence-corrected chi connectivity index (χ1v) is 7.45. The van der Waals surface area contributed by atoms with Crippen molar-refractivity contribution in [2.75, 3.05) is 0 Å². The van der Waals surface area contributed by atoms with Gasteiger partial charge in [-0.3, -0.25) is 14.9 Å². The maximum atomic E-state index is 12.1. The maximum Gasteiger partial charge on any atom is 0.271 e. The van der Waals surface area contributed by atoms with E-state index < -0.39 is 4.92 Å². The zero-order valence-electron chi connectivity index (χ0n) is 13.1. The summed E-state index contributed by atoms with van der Waals surface area (Å²) in [6.07, 6.45) is 5.27. The quantitative estimate of drug-likeness (QED) is 0.441. The highest BCUT2D eigenvalue weighted by Gasteiger charge is 2.05. The monoisotopic (exact) mass is 334 g/mol. The molecule has 25 heavy (non-hydrogen) atoms. The van der Waals surface area contributed by atoms with E-state index in [9.17, 15) is 14.9 Å². The molecule has 0 radical (unpaired) electrons. The zero-order chi connectivity index (χ0) is 17.6. The second kappa shape index (κ2) is 7.22. The van der Waals surface area contributed by atoms with Crippen molar-refractivity contribution in [1.82, 2.24) is 9.99 Å². The Kier molecular flexibility index (Phi) is 4.66. The molecule has 1 heterocycles. The summed E-state index contributed by atoms with van der Waals surface area (Å²) in [5, 5.41) is 14.5. The molecule has 0 aliphatic rings. The predicted octanol–water partition coefficient (Wildman–Crippen LogP) is 3.15. The number of hydrogen-bond acceptors (Lipinski definition) is 4. The third-order valence-corrected chi connectivity index (χ3v) is 3.52. The highest BCUT2D eigenvalue weighted by Crippen LogP contribution is 2.11. The van der Waals surface area contributed by atoms with E-state index in [-0.39, 0.29) is 11.6 Å². The van der Waals surface area contributed by atoms with Crippen molar-refractivity contribution >= 4 is 17.8 Å². The van der Waals surface area contributed by atoms with Crippen molar-refractivity contribution in [1.29, 1.82) is 0 Å². The van der Waals surface area contributed by atoms with Crippen LogP contribution < -0.4 is 5.43 Å². The molecule has 0 saturated carbocycles. The van der Waals surface area contributed by atoms with Crippen LogP contribution in [0.5, 0.6) is 0 Å². The summed E-state index contributed by atoms with van der Waals surface area (Å²) < 4.78 is 1.94. The fourth-order valence-corrected chi connectivity index (χ4v) is 2.20. The maximum absolute atomic E-state index is 12.1. The van der Waals surface area contributed by atoms with E-state index >= 15 is 0 Å². The lowest BCUT2D eigenvalue weighted by Crippen LogP contribution is -2.17. The average Bonchev–Trinajstić information content (AvgIpc) is 3.17. The van der Waals surface area contributed by atoms with Gasteiger partial charge in [-0.05, 0) is 54.1 Å². The predicted molar refractivity (Wildman–Crippen MR) is 93.9 cm³/mol. The number of aromatic nitrogens is 1. The number of nitrogens with zero attached hydrogens (tertiary/aromatic N) is 3. The third kappa shape index (κ3) is 3.97. The number of hydrogen-bond donors (Lipinski definition) is 1. The molecule has 0 fully saturated rings. The van der Waals surface area contributed by atoms with Crippen LogP contribution in [0, 0.1) is 10.1 Å². The van der Waals surface area contributed by atoms with E-state index in [0.717, 1.165) is 5.69 Å². The lowest BCUT2D eigenvalue weighted by molar-refractivity contribution is -0.384. The standard InChI is InChI=1S/C18H14N4O3/c23-18(15-5-9-16(10-6-15)21-11-1-2-12-21)20-19-13-14-3-7-17(8-4-14)22(24)25/h1-13H,(H,20,23)/b19-13+. The average molecular weight is 334 g/mol. The molecule has 1 aromatic heterocycles. The van der Waals surface area contributed by atoms with Crippen LogP contribution in [0.15, 0.2) is 78.2 Å². The fraction of sp³-hybridized carbons (Fsp3) is 0. The van der Waals surface area contributed by atoms with E-state index in [4.69, 9.17) is 0 Å². The molecule has 0 atom stereocenters. The van der Waals surface area contributed by atoms with Gasteiger partial charge in [0, 0.05) is 35.8 Å². The van der Waals surface area contributed by atoms with Gasteiger partial charge in [-0.1, -0.05) is 0 Å². The Morgan fingerprint density at radius 3 is 2.28 bits per heavy atom. The summed E-state index contributed by atoms with van der Waals surface area (Å²) in [5.74, 6) is -0.336. The normalized spacial score (nSPS) is 10.7. The van der Waals surface area contributed by atoms with Crippen LogP contribution in [0.25, 0.3) is 5.69 Å². The van der Waals surface area contributed by atoms with E-state index in [0.29, 0.717) is 11.1 Å². The largest absolute Gasteiger partial charge is 0.324 e. The Bertz CT molecular complexity index is 899. The van der Waals surface area contributed by atoms with Crippen LogP contribution >= 0.6 is 0 Å². The zero-order valence-corrected chi connectivity index (χ0v) is 13.1. The number of hydrazone groups is 1. The Labute approximate surface area is 143 Å². The summed E-state index contributed by atoms with van der Waals surface area (Å²) in [7, 11) is 0. The Morgan fingerprint density at radius 2 is 1.68 bits per heavy atom. The first-order chi connectivity index (χ1) is 12.1. The molecule has 0 unspecified atom stereocenters. The highest BCUT2D eigenvalue weighted by molar-refractivity contribution is 5.95. The first-order valence-electron chi connectivity index (χ1n) is 7.45. The molecule has 0 spiro atoms. The van der Waals surface area contributed by atoms with Gasteiger partial charge >= 0.3 is 0 Å². The van der Waals surface area contributed by atoms with Crippen molar-refractivity contribution in [2.24, 2.45) is 5.10 Å². The van der Waals surface area contributed by atoms with E-state index in [1.807, 2.05) is 41.2 Å². The van der Waals surface area contributed by atoms with Crippen LogP contribution in [0.1, 0.15) is 15.9 Å². The van der Waals surface area contributed by atoms with Crippen LogP contribution in [0.4, 0.5) is 5.69 Å². The Hall–Kier alpha value is -3.74. The second-order valence-electron chi connectivity index (χ2n) is 5.18. The molecule has 124 valence electrons. The molecule has 0 aliphatic heterocycles. The minimum absolute atomic E-state index is 0.00367. The van der Waals surface area contributed by atoms with Gasteiger partial charge in [-0.15, -0.1) is 0 Å². The number of nitro groups is 1. The van der Waals surface area contributed by atoms with Crippen molar-refractivity contribution in [3.8, 4) is 5.69 Å². The van der Waals surface area contributed by atoms with Gasteiger partial charge in [0.05, 0.1) is 11.1 Å². The molecule has 7 heteroatoms. The summed E-state index contributed by atoms with van der Waals surface area (Å²) in [6, 6.07) is 16.8. The van der Waals surface area contributed by atoms with Gasteiger partial charge in [0.2, 0.25) is 0 Å². The topological polar surface area (TPSA) is 89.5 Å². The smallest absolute Gasteiger partial charge is 0.271 e. The van der Waals surface area contributed by atoms with E-state index in [1.165, 1.54) is 18.3 Å². The molecule has 0 saturated heterocycles. The number of carbonyl (C=O) groups is 1. The molecule has 0 aliphatic carbocycles.